The van der Waals surface area contributed by atoms with E-state index in [1.807, 2.05) is 6.92 Å². The van der Waals surface area contributed by atoms with Gasteiger partial charge in [-0.15, -0.1) is 0 Å². The SMILES string of the molecule is CCNC(=O)N(C)[C@H]1CCC[C@H]2C1=C(C(=O)[O-])N1C(=O)[C@H](C(C)O)[C@@H]21.[Na+]. The summed E-state index contributed by atoms with van der Waals surface area (Å²) >= 11 is 0. The molecule has 3 aliphatic rings. The number of urea groups is 1. The van der Waals surface area contributed by atoms with Crippen LogP contribution in [-0.4, -0.2) is 64.6 Å². The van der Waals surface area contributed by atoms with Gasteiger partial charge < -0.3 is 30.1 Å². The Bertz CT molecular complexity index is 650. The maximum Gasteiger partial charge on any atom is 1.00 e. The van der Waals surface area contributed by atoms with E-state index in [1.54, 1.807) is 14.0 Å². The van der Waals surface area contributed by atoms with Crippen molar-refractivity contribution in [2.45, 2.75) is 51.3 Å². The maximum absolute atomic E-state index is 12.4. The van der Waals surface area contributed by atoms with E-state index < -0.39 is 18.0 Å². The summed E-state index contributed by atoms with van der Waals surface area (Å²) in [6, 6.07) is -1.00. The Morgan fingerprint density at radius 1 is 1.42 bits per heavy atom. The first kappa shape index (κ1) is 21.2. The van der Waals surface area contributed by atoms with Gasteiger partial charge in [-0.3, -0.25) is 4.79 Å². The second-order valence-corrected chi connectivity index (χ2v) is 7.06. The fourth-order valence-corrected chi connectivity index (χ4v) is 4.67. The normalized spacial score (nSPS) is 30.6. The number of rotatable bonds is 4. The van der Waals surface area contributed by atoms with Crippen LogP contribution in [0.3, 0.4) is 0 Å². The molecular formula is C17H24N3NaO5. The van der Waals surface area contributed by atoms with Crippen LogP contribution in [-0.2, 0) is 9.59 Å². The summed E-state index contributed by atoms with van der Waals surface area (Å²) in [5.74, 6) is -2.51. The molecule has 2 aliphatic heterocycles. The van der Waals surface area contributed by atoms with Crippen LogP contribution < -0.4 is 40.0 Å². The zero-order valence-electron chi connectivity index (χ0n) is 15.7. The number of likely N-dealkylation sites (N-methyl/N-ethyl adjacent to an activating group) is 1. The molecule has 138 valence electrons. The average molecular weight is 373 g/mol. The molecule has 8 nitrogen and oxygen atoms in total. The summed E-state index contributed by atoms with van der Waals surface area (Å²) < 4.78 is 0. The Morgan fingerprint density at radius 3 is 2.62 bits per heavy atom. The van der Waals surface area contributed by atoms with E-state index in [0.29, 0.717) is 18.5 Å². The van der Waals surface area contributed by atoms with E-state index in [2.05, 4.69) is 5.32 Å². The molecule has 9 heteroatoms. The van der Waals surface area contributed by atoms with Crippen molar-refractivity contribution in [1.29, 1.82) is 0 Å². The van der Waals surface area contributed by atoms with Gasteiger partial charge in [0.1, 0.15) is 0 Å². The van der Waals surface area contributed by atoms with Crippen LogP contribution in [0, 0.1) is 11.8 Å². The first-order chi connectivity index (χ1) is 11.8. The summed E-state index contributed by atoms with van der Waals surface area (Å²) in [6.07, 6.45) is 1.37. The number of hydrogen-bond donors (Lipinski definition) is 2. The number of aliphatic hydroxyl groups is 1. The zero-order valence-corrected chi connectivity index (χ0v) is 17.7. The predicted octanol–water partition coefficient (Wildman–Crippen LogP) is -3.95. The number of carbonyl (C=O) groups excluding carboxylic acids is 3. The molecule has 0 aromatic rings. The minimum absolute atomic E-state index is 0. The van der Waals surface area contributed by atoms with Crippen LogP contribution in [0.5, 0.6) is 0 Å². The number of carboxylic acids is 1. The second-order valence-electron chi connectivity index (χ2n) is 7.06. The number of carboxylic acid groups (broad SMARTS) is 1. The fourth-order valence-electron chi connectivity index (χ4n) is 4.67. The molecule has 1 saturated heterocycles. The average Bonchev–Trinajstić information content (AvgIpc) is 2.84. The minimum atomic E-state index is -1.39. The number of aliphatic hydroxyl groups excluding tert-OH is 1. The van der Waals surface area contributed by atoms with Gasteiger partial charge in [0.05, 0.1) is 35.8 Å². The molecule has 1 saturated carbocycles. The molecule has 26 heavy (non-hydrogen) atoms. The third-order valence-corrected chi connectivity index (χ3v) is 5.70. The fraction of sp³-hybridized carbons (Fsp3) is 0.706. The van der Waals surface area contributed by atoms with Gasteiger partial charge in [0.25, 0.3) is 0 Å². The van der Waals surface area contributed by atoms with Crippen LogP contribution in [0.15, 0.2) is 11.3 Å². The van der Waals surface area contributed by atoms with Crippen LogP contribution >= 0.6 is 0 Å². The van der Waals surface area contributed by atoms with E-state index in [-0.39, 0.29) is 65.2 Å². The van der Waals surface area contributed by atoms with Gasteiger partial charge in [0, 0.05) is 19.5 Å². The Labute approximate surface area is 174 Å². The van der Waals surface area contributed by atoms with E-state index >= 15 is 0 Å². The third kappa shape index (κ3) is 3.06. The number of nitrogens with one attached hydrogen (secondary N) is 1. The number of fused-ring (bicyclic) bond motifs is 3. The van der Waals surface area contributed by atoms with E-state index in [1.165, 1.54) is 9.80 Å². The molecule has 0 spiro atoms. The van der Waals surface area contributed by atoms with Crippen LogP contribution in [0.4, 0.5) is 4.79 Å². The molecule has 2 heterocycles. The van der Waals surface area contributed by atoms with Gasteiger partial charge in [-0.05, 0) is 32.3 Å². The third-order valence-electron chi connectivity index (χ3n) is 5.70. The maximum atomic E-state index is 12.4. The molecule has 0 aromatic carbocycles. The van der Waals surface area contributed by atoms with E-state index in [0.717, 1.165) is 12.8 Å². The zero-order chi connectivity index (χ0) is 18.5. The van der Waals surface area contributed by atoms with Gasteiger partial charge in [-0.1, -0.05) is 6.42 Å². The quantitative estimate of drug-likeness (QED) is 0.386. The van der Waals surface area contributed by atoms with Gasteiger partial charge in [-0.25, -0.2) is 4.79 Å². The largest absolute Gasteiger partial charge is 1.00 e. The summed E-state index contributed by atoms with van der Waals surface area (Å²) in [7, 11) is 1.64. The van der Waals surface area contributed by atoms with Crippen molar-refractivity contribution in [3.8, 4) is 0 Å². The van der Waals surface area contributed by atoms with Crippen molar-refractivity contribution in [2.24, 2.45) is 11.8 Å². The molecule has 1 aliphatic carbocycles. The molecule has 5 atom stereocenters. The molecule has 2 N–H and O–H groups in total. The monoisotopic (exact) mass is 373 g/mol. The van der Waals surface area contributed by atoms with Crippen molar-refractivity contribution in [3.05, 3.63) is 11.3 Å². The number of aliphatic carboxylic acids is 1. The molecule has 1 unspecified atom stereocenters. The minimum Gasteiger partial charge on any atom is -0.543 e. The second kappa shape index (κ2) is 7.88. The van der Waals surface area contributed by atoms with Crippen molar-refractivity contribution >= 4 is 17.9 Å². The molecule has 0 bridgehead atoms. The molecule has 2 fully saturated rings. The standard InChI is InChI=1S/C17H25N3O5.Na/c1-4-18-17(25)19(3)10-7-5-6-9-12(10)14(16(23)24)20-13(9)11(8(2)21)15(20)22;/h8-11,13,21H,4-7H2,1-3H3,(H,18,25)(H,23,24);/q;+1/p-1/t8?,9-,10-,11+,13+;/m0./s1. The topological polar surface area (TPSA) is 113 Å². The molecular weight excluding hydrogens is 349 g/mol. The number of β-lactam (4-membered cyclic amide) rings is 1. The smallest absolute Gasteiger partial charge is 0.543 e. The Balaban J connectivity index is 0.00000243. The van der Waals surface area contributed by atoms with Gasteiger partial charge in [-0.2, -0.15) is 0 Å². The van der Waals surface area contributed by atoms with E-state index in [9.17, 15) is 24.6 Å². The molecule has 3 amide bonds. The summed E-state index contributed by atoms with van der Waals surface area (Å²) in [5.41, 5.74) is 0.499. The van der Waals surface area contributed by atoms with Crippen LogP contribution in [0.25, 0.3) is 0 Å². The van der Waals surface area contributed by atoms with Gasteiger partial charge in [0.2, 0.25) is 5.91 Å². The first-order valence-corrected chi connectivity index (χ1v) is 8.78. The molecule has 3 rings (SSSR count). The Morgan fingerprint density at radius 2 is 2.08 bits per heavy atom. The number of carbonyl (C=O) groups is 3. The number of amides is 3. The van der Waals surface area contributed by atoms with Gasteiger partial charge >= 0.3 is 35.6 Å². The molecule has 0 aromatic heterocycles. The summed E-state index contributed by atoms with van der Waals surface area (Å²) in [4.78, 5) is 39.2. The molecule has 0 radical (unpaired) electrons. The summed E-state index contributed by atoms with van der Waals surface area (Å²) in [6.45, 7) is 3.84. The van der Waals surface area contributed by atoms with Crippen molar-refractivity contribution in [3.63, 3.8) is 0 Å². The van der Waals surface area contributed by atoms with Crippen molar-refractivity contribution in [2.75, 3.05) is 13.6 Å². The van der Waals surface area contributed by atoms with E-state index in [4.69, 9.17) is 0 Å². The van der Waals surface area contributed by atoms with Gasteiger partial charge in [0.15, 0.2) is 0 Å². The summed E-state index contributed by atoms with van der Waals surface area (Å²) in [5, 5.41) is 24.4. The predicted molar refractivity (Wildman–Crippen MR) is 85.8 cm³/mol. The number of nitrogens with zero attached hydrogens (tertiary/aromatic N) is 2. The van der Waals surface area contributed by atoms with Crippen molar-refractivity contribution < 1.29 is 54.2 Å². The van der Waals surface area contributed by atoms with Crippen molar-refractivity contribution in [1.82, 2.24) is 15.1 Å². The van der Waals surface area contributed by atoms with Crippen LogP contribution in [0.2, 0.25) is 0 Å². The number of hydrogen-bond acceptors (Lipinski definition) is 5. The first-order valence-electron chi connectivity index (χ1n) is 8.78. The Hall–Kier alpha value is -1.09. The Kier molecular flexibility index (Phi) is 6.43. The van der Waals surface area contributed by atoms with Crippen LogP contribution in [0.1, 0.15) is 33.1 Å².